The SMILES string of the molecule is CC1=C(C)C(C)=C(C2=C(C)C(C)=C(C)C2)C1.[C-]1=CC=CC1.[CH3-].[Cl][Zr+2][Cl]. The minimum absolute atomic E-state index is 0. The van der Waals surface area contributed by atoms with E-state index < -0.39 is 20.8 Å². The Morgan fingerprint density at radius 3 is 1.36 bits per heavy atom. The normalized spacial score (nSPS) is 18.1. The summed E-state index contributed by atoms with van der Waals surface area (Å²) >= 11 is -0.826. The molecule has 0 saturated carbocycles. The Labute approximate surface area is 174 Å². The molecule has 25 heavy (non-hydrogen) atoms. The molecule has 0 saturated heterocycles. The first kappa shape index (κ1) is 24.9. The van der Waals surface area contributed by atoms with Gasteiger partial charge in [-0.15, -0.1) is 6.42 Å². The summed E-state index contributed by atoms with van der Waals surface area (Å²) in [5.74, 6) is 0. The fourth-order valence-electron chi connectivity index (χ4n) is 3.16. The topological polar surface area (TPSA) is 0 Å². The first-order chi connectivity index (χ1) is 11.3. The Bertz CT molecular complexity index is 600. The van der Waals surface area contributed by atoms with Crippen LogP contribution >= 0.6 is 17.0 Å². The monoisotopic (exact) mass is 454 g/mol. The summed E-state index contributed by atoms with van der Waals surface area (Å²) in [7, 11) is 9.87. The molecule has 0 heterocycles. The Kier molecular flexibility index (Phi) is 12.3. The maximum absolute atomic E-state index is 4.93. The minimum atomic E-state index is -0.826. The molecule has 0 radical (unpaired) electrons. The number of halogens is 2. The van der Waals surface area contributed by atoms with Crippen LogP contribution in [0.1, 0.15) is 60.8 Å². The molecule has 0 aromatic heterocycles. The van der Waals surface area contributed by atoms with E-state index in [0.717, 1.165) is 6.42 Å². The third-order valence-corrected chi connectivity index (χ3v) is 5.14. The van der Waals surface area contributed by atoms with Crippen molar-refractivity contribution < 1.29 is 20.8 Å². The number of hydrogen-bond donors (Lipinski definition) is 0. The fraction of sp³-hybridized carbons (Fsp3) is 0.409. The van der Waals surface area contributed by atoms with Gasteiger partial charge in [0.15, 0.2) is 0 Å². The first-order valence-corrected chi connectivity index (χ1v) is 14.6. The molecule has 0 atom stereocenters. The van der Waals surface area contributed by atoms with Crippen molar-refractivity contribution in [2.24, 2.45) is 0 Å². The maximum atomic E-state index is 4.93. The van der Waals surface area contributed by atoms with Crippen molar-refractivity contribution in [3.63, 3.8) is 0 Å². The van der Waals surface area contributed by atoms with Gasteiger partial charge in [0.2, 0.25) is 0 Å². The zero-order valence-electron chi connectivity index (χ0n) is 16.6. The van der Waals surface area contributed by atoms with Gasteiger partial charge >= 0.3 is 37.9 Å². The van der Waals surface area contributed by atoms with E-state index in [0.29, 0.717) is 0 Å². The second-order valence-electron chi connectivity index (χ2n) is 6.45. The predicted octanol–water partition coefficient (Wildman–Crippen LogP) is 8.23. The molecular weight excluding hydrogens is 426 g/mol. The molecule has 3 aliphatic rings. The van der Waals surface area contributed by atoms with E-state index in [-0.39, 0.29) is 7.43 Å². The van der Waals surface area contributed by atoms with Crippen LogP contribution in [-0.4, -0.2) is 0 Å². The van der Waals surface area contributed by atoms with Gasteiger partial charge in [0.05, 0.1) is 0 Å². The van der Waals surface area contributed by atoms with Crippen LogP contribution < -0.4 is 0 Å². The molecule has 0 fully saturated rings. The van der Waals surface area contributed by atoms with Crippen LogP contribution in [-0.2, 0) is 20.8 Å². The van der Waals surface area contributed by atoms with Crippen molar-refractivity contribution in [1.82, 2.24) is 0 Å². The molecule has 0 aromatic rings. The fourth-order valence-corrected chi connectivity index (χ4v) is 3.16. The zero-order valence-corrected chi connectivity index (χ0v) is 20.6. The van der Waals surface area contributed by atoms with Crippen LogP contribution in [0.25, 0.3) is 0 Å². The van der Waals surface area contributed by atoms with Gasteiger partial charge in [-0.25, -0.2) is 12.2 Å². The summed E-state index contributed by atoms with van der Waals surface area (Å²) < 4.78 is 0. The van der Waals surface area contributed by atoms with Crippen LogP contribution in [0.4, 0.5) is 0 Å². The molecule has 3 aliphatic carbocycles. The molecule has 0 N–H and O–H groups in total. The standard InChI is InChI=1S/C16H22.C5H5.CH3.2ClH.Zr/c1-9-7-15(13(5)11(9)3)16-8-10(2)12(4)14(16)6;1-2-4-5-3-1;;;;/h7-8H2,1-6H3;1-3H,4H2;1H3;2*1H;/q;2*-1;;;+4/p-2. The van der Waals surface area contributed by atoms with Crippen LogP contribution in [0.2, 0.25) is 0 Å². The molecule has 0 amide bonds. The van der Waals surface area contributed by atoms with E-state index in [1.165, 1.54) is 35.1 Å². The molecule has 0 bridgehead atoms. The van der Waals surface area contributed by atoms with Crippen LogP contribution in [0.3, 0.4) is 0 Å². The molecule has 3 heteroatoms. The molecule has 0 aromatic carbocycles. The van der Waals surface area contributed by atoms with Gasteiger partial charge < -0.3 is 7.43 Å². The van der Waals surface area contributed by atoms with E-state index in [4.69, 9.17) is 17.0 Å². The third kappa shape index (κ3) is 6.85. The van der Waals surface area contributed by atoms with Crippen LogP contribution in [0.5, 0.6) is 0 Å². The van der Waals surface area contributed by atoms with Crippen LogP contribution in [0, 0.1) is 13.5 Å². The van der Waals surface area contributed by atoms with Gasteiger partial charge in [-0.3, -0.25) is 6.08 Å². The summed E-state index contributed by atoms with van der Waals surface area (Å²) in [5, 5.41) is 0. The first-order valence-electron chi connectivity index (χ1n) is 8.26. The zero-order chi connectivity index (χ0) is 18.3. The second-order valence-corrected chi connectivity index (χ2v) is 10.2. The summed E-state index contributed by atoms with van der Waals surface area (Å²) in [6.45, 7) is 13.6. The predicted molar refractivity (Wildman–Crippen MR) is 111 cm³/mol. The molecular formula is C22H30Cl2Zr. The Morgan fingerprint density at radius 2 is 1.20 bits per heavy atom. The van der Waals surface area contributed by atoms with Crippen molar-refractivity contribution in [1.29, 1.82) is 0 Å². The van der Waals surface area contributed by atoms with Gasteiger partial charge in [-0.2, -0.15) is 6.08 Å². The average molecular weight is 457 g/mol. The average Bonchev–Trinajstić information content (AvgIpc) is 3.26. The van der Waals surface area contributed by atoms with Crippen molar-refractivity contribution in [3.05, 3.63) is 76.3 Å². The van der Waals surface area contributed by atoms with E-state index in [1.54, 1.807) is 22.3 Å². The second kappa shape index (κ2) is 12.3. The quantitative estimate of drug-likeness (QED) is 0.349. The Hall–Kier alpha value is -0.0969. The summed E-state index contributed by atoms with van der Waals surface area (Å²) in [6.07, 6.45) is 12.3. The Balaban J connectivity index is 0.000000535. The molecule has 0 spiro atoms. The summed E-state index contributed by atoms with van der Waals surface area (Å²) in [6, 6.07) is 0. The van der Waals surface area contributed by atoms with Gasteiger partial charge in [-0.1, -0.05) is 11.1 Å². The van der Waals surface area contributed by atoms with Gasteiger partial charge in [0.1, 0.15) is 0 Å². The van der Waals surface area contributed by atoms with Crippen LogP contribution in [0.15, 0.2) is 62.8 Å². The van der Waals surface area contributed by atoms with E-state index in [2.05, 4.69) is 53.7 Å². The van der Waals surface area contributed by atoms with Gasteiger partial charge in [0, 0.05) is 0 Å². The number of allylic oxidation sites excluding steroid dienone is 12. The van der Waals surface area contributed by atoms with Crippen molar-refractivity contribution in [2.45, 2.75) is 60.8 Å². The molecule has 3 rings (SSSR count). The van der Waals surface area contributed by atoms with E-state index >= 15 is 0 Å². The summed E-state index contributed by atoms with van der Waals surface area (Å²) in [5.41, 5.74) is 12.4. The van der Waals surface area contributed by atoms with Crippen molar-refractivity contribution in [3.8, 4) is 0 Å². The number of rotatable bonds is 1. The number of hydrogen-bond acceptors (Lipinski definition) is 0. The Morgan fingerprint density at radius 1 is 0.800 bits per heavy atom. The molecule has 136 valence electrons. The van der Waals surface area contributed by atoms with Crippen molar-refractivity contribution >= 4 is 17.0 Å². The molecule has 0 aliphatic heterocycles. The van der Waals surface area contributed by atoms with Gasteiger partial charge in [0.25, 0.3) is 0 Å². The van der Waals surface area contributed by atoms with E-state index in [1.807, 2.05) is 12.2 Å². The third-order valence-electron chi connectivity index (χ3n) is 5.14. The van der Waals surface area contributed by atoms with Gasteiger partial charge in [-0.05, 0) is 87.8 Å². The molecule has 0 unspecified atom stereocenters. The molecule has 0 nitrogen and oxygen atoms in total. The van der Waals surface area contributed by atoms with E-state index in [9.17, 15) is 0 Å². The van der Waals surface area contributed by atoms with Crippen molar-refractivity contribution in [2.75, 3.05) is 0 Å². The summed E-state index contributed by atoms with van der Waals surface area (Å²) in [4.78, 5) is 0.